The Hall–Kier alpha value is -2.63. The molecule has 1 atom stereocenters. The number of carboxylic acids is 1. The molecule has 0 aromatic rings. The van der Waals surface area contributed by atoms with Crippen molar-refractivity contribution in [2.24, 2.45) is 0 Å². The van der Waals surface area contributed by atoms with Gasteiger partial charge in [-0.2, -0.15) is 0 Å². The maximum absolute atomic E-state index is 12.7. The van der Waals surface area contributed by atoms with Gasteiger partial charge >= 0.3 is 11.9 Å². The first kappa shape index (κ1) is 48.4. The van der Waals surface area contributed by atoms with E-state index < -0.39 is 5.97 Å². The van der Waals surface area contributed by atoms with Gasteiger partial charge in [-0.1, -0.05) is 159 Å². The third-order valence-electron chi connectivity index (χ3n) is 9.21. The van der Waals surface area contributed by atoms with E-state index in [9.17, 15) is 14.4 Å². The number of hydrogen-bond donors (Lipinski definition) is 2. The minimum absolute atomic E-state index is 0.0747. The predicted octanol–water partition coefficient (Wildman–Crippen LogP) is 13.1. The number of unbranched alkanes of at least 4 members (excludes halogenated alkanes) is 21. The number of hydrogen-bond acceptors (Lipinski definition) is 4. The second-order valence-electron chi connectivity index (χ2n) is 14.2. The average Bonchev–Trinajstić information content (AvgIpc) is 3.11. The molecule has 1 amide bonds. The smallest absolute Gasteiger partial charge is 0.322 e. The predicted molar refractivity (Wildman–Crippen MR) is 217 cm³/mol. The molecule has 0 aromatic heterocycles. The molecule has 6 heteroatoms. The minimum Gasteiger partial charge on any atom is -0.480 e. The van der Waals surface area contributed by atoms with E-state index in [4.69, 9.17) is 9.84 Å². The molecule has 1 unspecified atom stereocenters. The number of amides is 1. The van der Waals surface area contributed by atoms with Crippen LogP contribution in [0.2, 0.25) is 0 Å². The molecule has 294 valence electrons. The summed E-state index contributed by atoms with van der Waals surface area (Å²) in [6.07, 6.45) is 51.1. The molecule has 0 heterocycles. The van der Waals surface area contributed by atoms with Crippen molar-refractivity contribution < 1.29 is 24.2 Å². The molecule has 0 aliphatic rings. The van der Waals surface area contributed by atoms with Gasteiger partial charge in [0.2, 0.25) is 5.91 Å². The van der Waals surface area contributed by atoms with Gasteiger partial charge in [0.15, 0.2) is 0 Å². The summed E-state index contributed by atoms with van der Waals surface area (Å²) in [5.74, 6) is -1.29. The van der Waals surface area contributed by atoms with Crippen molar-refractivity contribution in [1.82, 2.24) is 5.32 Å². The zero-order valence-electron chi connectivity index (χ0n) is 33.2. The maximum Gasteiger partial charge on any atom is 0.322 e. The SMILES string of the molecule is CCCCC/C=C\C/C=C\CCCCCCCCCCCC(=O)OC(/C=C\C/C=C\CCCCCC)CCCCCCCCC(=O)NCC(=O)O. The minimum atomic E-state index is -1.02. The van der Waals surface area contributed by atoms with E-state index in [-0.39, 0.29) is 24.5 Å². The molecule has 0 bridgehead atoms. The Morgan fingerprint density at radius 2 is 0.961 bits per heavy atom. The van der Waals surface area contributed by atoms with Crippen LogP contribution in [0.4, 0.5) is 0 Å². The molecule has 2 N–H and O–H groups in total. The van der Waals surface area contributed by atoms with Crippen molar-refractivity contribution >= 4 is 17.8 Å². The van der Waals surface area contributed by atoms with Gasteiger partial charge in [0.05, 0.1) is 0 Å². The van der Waals surface area contributed by atoms with E-state index in [2.05, 4.69) is 67.8 Å². The first-order valence-corrected chi connectivity index (χ1v) is 21.3. The van der Waals surface area contributed by atoms with Crippen LogP contribution in [0.1, 0.15) is 206 Å². The molecular weight excluding hydrogens is 634 g/mol. The zero-order chi connectivity index (χ0) is 37.3. The van der Waals surface area contributed by atoms with Crippen LogP contribution < -0.4 is 5.32 Å². The highest BCUT2D eigenvalue weighted by molar-refractivity contribution is 5.80. The Morgan fingerprint density at radius 3 is 1.51 bits per heavy atom. The van der Waals surface area contributed by atoms with Crippen LogP contribution in [0, 0.1) is 0 Å². The fourth-order valence-corrected chi connectivity index (χ4v) is 6.02. The lowest BCUT2D eigenvalue weighted by Gasteiger charge is -2.14. The van der Waals surface area contributed by atoms with Gasteiger partial charge in [0, 0.05) is 12.8 Å². The molecular formula is C45H79NO5. The third-order valence-corrected chi connectivity index (χ3v) is 9.21. The van der Waals surface area contributed by atoms with Crippen LogP contribution in [0.5, 0.6) is 0 Å². The van der Waals surface area contributed by atoms with Gasteiger partial charge < -0.3 is 15.2 Å². The number of carboxylic acid groups (broad SMARTS) is 1. The quantitative estimate of drug-likeness (QED) is 0.0377. The number of allylic oxidation sites excluding steroid dienone is 7. The molecule has 0 radical (unpaired) electrons. The molecule has 0 spiro atoms. The summed E-state index contributed by atoms with van der Waals surface area (Å²) in [5, 5.41) is 11.1. The molecule has 0 saturated heterocycles. The van der Waals surface area contributed by atoms with Crippen molar-refractivity contribution in [3.8, 4) is 0 Å². The molecule has 0 fully saturated rings. The number of esters is 1. The van der Waals surface area contributed by atoms with Crippen molar-refractivity contribution in [1.29, 1.82) is 0 Å². The Balaban J connectivity index is 4.13. The van der Waals surface area contributed by atoms with Crippen LogP contribution in [-0.2, 0) is 19.1 Å². The summed E-state index contributed by atoms with van der Waals surface area (Å²) in [5.41, 5.74) is 0. The topological polar surface area (TPSA) is 92.7 Å². The summed E-state index contributed by atoms with van der Waals surface area (Å²) < 4.78 is 5.93. The summed E-state index contributed by atoms with van der Waals surface area (Å²) in [4.78, 5) is 34.9. The van der Waals surface area contributed by atoms with Gasteiger partial charge in [-0.3, -0.25) is 14.4 Å². The Labute approximate surface area is 314 Å². The lowest BCUT2D eigenvalue weighted by Crippen LogP contribution is -2.28. The summed E-state index contributed by atoms with van der Waals surface area (Å²) >= 11 is 0. The van der Waals surface area contributed by atoms with Crippen molar-refractivity contribution in [2.45, 2.75) is 213 Å². The van der Waals surface area contributed by atoms with E-state index in [1.54, 1.807) is 0 Å². The monoisotopic (exact) mass is 714 g/mol. The van der Waals surface area contributed by atoms with E-state index in [0.29, 0.717) is 12.8 Å². The first-order valence-electron chi connectivity index (χ1n) is 21.3. The summed E-state index contributed by atoms with van der Waals surface area (Å²) in [7, 11) is 0. The van der Waals surface area contributed by atoms with Crippen LogP contribution in [-0.4, -0.2) is 35.6 Å². The first-order chi connectivity index (χ1) is 25.0. The van der Waals surface area contributed by atoms with E-state index in [0.717, 1.165) is 77.0 Å². The van der Waals surface area contributed by atoms with Crippen LogP contribution in [0.15, 0.2) is 48.6 Å². The molecule has 0 rings (SSSR count). The third kappa shape index (κ3) is 40.0. The summed E-state index contributed by atoms with van der Waals surface area (Å²) in [6, 6.07) is 0. The highest BCUT2D eigenvalue weighted by Gasteiger charge is 2.11. The Kier molecular flexibility index (Phi) is 38.1. The fourth-order valence-electron chi connectivity index (χ4n) is 6.02. The van der Waals surface area contributed by atoms with Crippen LogP contribution in [0.25, 0.3) is 0 Å². The van der Waals surface area contributed by atoms with Gasteiger partial charge in [0.1, 0.15) is 12.6 Å². The Bertz CT molecular complexity index is 922. The van der Waals surface area contributed by atoms with Gasteiger partial charge in [-0.05, 0) is 83.1 Å². The van der Waals surface area contributed by atoms with Crippen molar-refractivity contribution in [2.75, 3.05) is 6.54 Å². The molecule has 51 heavy (non-hydrogen) atoms. The molecule has 0 saturated carbocycles. The van der Waals surface area contributed by atoms with Crippen LogP contribution in [0.3, 0.4) is 0 Å². The lowest BCUT2D eigenvalue weighted by atomic mass is 10.0. The lowest BCUT2D eigenvalue weighted by molar-refractivity contribution is -0.147. The number of carbonyl (C=O) groups excluding carboxylic acids is 2. The largest absolute Gasteiger partial charge is 0.480 e. The zero-order valence-corrected chi connectivity index (χ0v) is 33.2. The molecule has 0 aliphatic heterocycles. The number of ether oxygens (including phenoxy) is 1. The second-order valence-corrected chi connectivity index (χ2v) is 14.2. The standard InChI is InChI=1S/C45H79NO5/c1-3-5-7-9-11-13-14-15-16-17-18-19-20-21-22-24-26-32-36-40-45(50)51-42(37-33-29-25-23-12-10-8-6-4-2)38-34-30-27-28-31-35-39-43(47)46-41-44(48)49/h11,13,15-16,23,25,33,37,42H,3-10,12,14,17-22,24,26-32,34-36,38-41H2,1-2H3,(H,46,47)(H,48,49)/b13-11-,16-15-,25-23-,37-33-. The average molecular weight is 714 g/mol. The van der Waals surface area contributed by atoms with Crippen molar-refractivity contribution in [3.63, 3.8) is 0 Å². The molecule has 0 aliphatic carbocycles. The van der Waals surface area contributed by atoms with Gasteiger partial charge in [-0.25, -0.2) is 0 Å². The van der Waals surface area contributed by atoms with E-state index in [1.807, 2.05) is 0 Å². The fraction of sp³-hybridized carbons (Fsp3) is 0.756. The highest BCUT2D eigenvalue weighted by Crippen LogP contribution is 2.16. The number of carbonyl (C=O) groups is 3. The second kappa shape index (κ2) is 40.1. The maximum atomic E-state index is 12.7. The van der Waals surface area contributed by atoms with E-state index >= 15 is 0 Å². The molecule has 0 aromatic carbocycles. The highest BCUT2D eigenvalue weighted by atomic mass is 16.5. The van der Waals surface area contributed by atoms with Gasteiger partial charge in [0.25, 0.3) is 0 Å². The molecule has 6 nitrogen and oxygen atoms in total. The number of rotatable bonds is 38. The van der Waals surface area contributed by atoms with E-state index in [1.165, 1.54) is 103 Å². The van der Waals surface area contributed by atoms with Gasteiger partial charge in [-0.15, -0.1) is 0 Å². The Morgan fingerprint density at radius 1 is 0.529 bits per heavy atom. The number of aliphatic carboxylic acids is 1. The number of nitrogens with one attached hydrogen (secondary N) is 1. The summed E-state index contributed by atoms with van der Waals surface area (Å²) in [6.45, 7) is 4.17. The normalized spacial score (nSPS) is 12.5. The van der Waals surface area contributed by atoms with Crippen LogP contribution >= 0.6 is 0 Å². The van der Waals surface area contributed by atoms with Crippen molar-refractivity contribution in [3.05, 3.63) is 48.6 Å².